The Morgan fingerprint density at radius 1 is 1.23 bits per heavy atom. The van der Waals surface area contributed by atoms with Gasteiger partial charge in [-0.25, -0.2) is 13.8 Å². The molecule has 1 saturated heterocycles. The molecule has 3 rings (SSSR count). The van der Waals surface area contributed by atoms with Crippen molar-refractivity contribution in [3.63, 3.8) is 0 Å². The molecule has 2 N–H and O–H groups in total. The molecular weight excluding hydrogens is 413 g/mol. The topological polar surface area (TPSA) is 82.5 Å². The summed E-state index contributed by atoms with van der Waals surface area (Å²) in [6.07, 6.45) is -4.48. The van der Waals surface area contributed by atoms with Crippen LogP contribution in [0.2, 0.25) is 0 Å². The third-order valence-corrected chi connectivity index (χ3v) is 5.69. The molecule has 1 aliphatic carbocycles. The Labute approximate surface area is 169 Å². The zero-order chi connectivity index (χ0) is 22.3. The van der Waals surface area contributed by atoms with Crippen molar-refractivity contribution in [1.29, 1.82) is 0 Å². The van der Waals surface area contributed by atoms with Crippen LogP contribution in [0.5, 0.6) is 0 Å². The zero-order valence-electron chi connectivity index (χ0n) is 16.2. The summed E-state index contributed by atoms with van der Waals surface area (Å²) in [6, 6.07) is -0.478. The predicted molar refractivity (Wildman–Crippen MR) is 96.6 cm³/mol. The zero-order valence-corrected chi connectivity index (χ0v) is 16.2. The van der Waals surface area contributed by atoms with Gasteiger partial charge in [0.05, 0.1) is 17.0 Å². The van der Waals surface area contributed by atoms with Crippen LogP contribution in [0.25, 0.3) is 0 Å². The van der Waals surface area contributed by atoms with E-state index in [0.29, 0.717) is 6.20 Å². The summed E-state index contributed by atoms with van der Waals surface area (Å²) in [4.78, 5) is 29.0. The normalized spacial score (nSPS) is 24.0. The van der Waals surface area contributed by atoms with Crippen LogP contribution in [0.3, 0.4) is 0 Å². The van der Waals surface area contributed by atoms with Crippen LogP contribution < -0.4 is 10.2 Å². The minimum atomic E-state index is -4.73. The van der Waals surface area contributed by atoms with Gasteiger partial charge < -0.3 is 15.3 Å². The molecule has 166 valence electrons. The highest BCUT2D eigenvalue weighted by molar-refractivity contribution is 6.01. The summed E-state index contributed by atoms with van der Waals surface area (Å²) in [5, 5.41) is 11.5. The smallest absolute Gasteiger partial charge is 0.418 e. The Bertz CT molecular complexity index is 837. The first-order valence-electron chi connectivity index (χ1n) is 9.62. The van der Waals surface area contributed by atoms with Gasteiger partial charge in [-0.15, -0.1) is 0 Å². The molecule has 1 aromatic rings. The maximum atomic E-state index is 13.7. The van der Waals surface area contributed by atoms with Crippen molar-refractivity contribution in [2.45, 2.75) is 57.2 Å². The van der Waals surface area contributed by atoms with Gasteiger partial charge >= 0.3 is 12.1 Å². The van der Waals surface area contributed by atoms with Crippen molar-refractivity contribution >= 4 is 17.7 Å². The average Bonchev–Trinajstić information content (AvgIpc) is 2.76. The summed E-state index contributed by atoms with van der Waals surface area (Å²) in [5.74, 6) is -5.36. The largest absolute Gasteiger partial charge is 0.481 e. The first-order chi connectivity index (χ1) is 13.9. The molecule has 2 fully saturated rings. The van der Waals surface area contributed by atoms with Gasteiger partial charge in [0.2, 0.25) is 5.92 Å². The van der Waals surface area contributed by atoms with E-state index in [4.69, 9.17) is 5.11 Å². The number of halogens is 5. The van der Waals surface area contributed by atoms with Crippen LogP contribution in [0, 0.1) is 12.8 Å². The van der Waals surface area contributed by atoms with E-state index in [0.717, 1.165) is 6.92 Å². The SMILES string of the molecule is Cc1c(C(F)(F)F)cnc(N2CCCC(F)(F)CC2)c1C(=O)NC1CC(C(=O)O)C1. The number of hydrogen-bond acceptors (Lipinski definition) is 4. The van der Waals surface area contributed by atoms with E-state index >= 15 is 0 Å². The van der Waals surface area contributed by atoms with Crippen LogP contribution in [0.15, 0.2) is 6.20 Å². The number of hydrogen-bond donors (Lipinski definition) is 2. The number of rotatable bonds is 4. The third-order valence-electron chi connectivity index (χ3n) is 5.69. The van der Waals surface area contributed by atoms with Crippen molar-refractivity contribution in [2.24, 2.45) is 5.92 Å². The lowest BCUT2D eigenvalue weighted by Crippen LogP contribution is -2.47. The van der Waals surface area contributed by atoms with Crippen molar-refractivity contribution in [3.05, 3.63) is 22.9 Å². The van der Waals surface area contributed by atoms with E-state index in [1.54, 1.807) is 0 Å². The molecule has 0 bridgehead atoms. The number of alkyl halides is 5. The molecule has 30 heavy (non-hydrogen) atoms. The maximum absolute atomic E-state index is 13.7. The number of aromatic nitrogens is 1. The highest BCUT2D eigenvalue weighted by Gasteiger charge is 2.40. The molecule has 1 saturated carbocycles. The molecule has 0 aromatic carbocycles. The van der Waals surface area contributed by atoms with Crippen LogP contribution in [-0.2, 0) is 11.0 Å². The van der Waals surface area contributed by atoms with Crippen LogP contribution in [-0.4, -0.2) is 47.0 Å². The lowest BCUT2D eigenvalue weighted by atomic mass is 9.80. The Morgan fingerprint density at radius 2 is 1.90 bits per heavy atom. The first kappa shape index (κ1) is 22.2. The van der Waals surface area contributed by atoms with E-state index < -0.39 is 47.9 Å². The number of pyridine rings is 1. The summed E-state index contributed by atoms with van der Waals surface area (Å²) < 4.78 is 67.5. The van der Waals surface area contributed by atoms with Gasteiger partial charge in [0.15, 0.2) is 0 Å². The summed E-state index contributed by atoms with van der Waals surface area (Å²) in [6.45, 7) is 1.14. The first-order valence-corrected chi connectivity index (χ1v) is 9.62. The van der Waals surface area contributed by atoms with Crippen LogP contribution >= 0.6 is 0 Å². The molecule has 1 aromatic heterocycles. The van der Waals surface area contributed by atoms with E-state index in [1.807, 2.05) is 0 Å². The number of carbonyl (C=O) groups is 2. The highest BCUT2D eigenvalue weighted by atomic mass is 19.4. The predicted octanol–water partition coefficient (Wildman–Crippen LogP) is 3.63. The second-order valence-corrected chi connectivity index (χ2v) is 7.87. The third kappa shape index (κ3) is 4.65. The number of nitrogens with zero attached hydrogens (tertiary/aromatic N) is 2. The lowest BCUT2D eigenvalue weighted by molar-refractivity contribution is -0.145. The molecule has 1 amide bonds. The molecular formula is C19H22F5N3O3. The van der Waals surface area contributed by atoms with Gasteiger partial charge in [-0.3, -0.25) is 9.59 Å². The molecule has 0 atom stereocenters. The number of carbonyl (C=O) groups excluding carboxylic acids is 1. The molecule has 1 aliphatic heterocycles. The fourth-order valence-electron chi connectivity index (χ4n) is 3.86. The van der Waals surface area contributed by atoms with E-state index in [9.17, 15) is 31.5 Å². The van der Waals surface area contributed by atoms with Gasteiger partial charge in [0.1, 0.15) is 5.82 Å². The monoisotopic (exact) mass is 435 g/mol. The van der Waals surface area contributed by atoms with Gasteiger partial charge in [0.25, 0.3) is 5.91 Å². The maximum Gasteiger partial charge on any atom is 0.418 e. The second kappa shape index (κ2) is 7.99. The molecule has 0 radical (unpaired) electrons. The Morgan fingerprint density at radius 3 is 2.50 bits per heavy atom. The quantitative estimate of drug-likeness (QED) is 0.706. The Hall–Kier alpha value is -2.46. The van der Waals surface area contributed by atoms with E-state index in [2.05, 4.69) is 10.3 Å². The molecule has 11 heteroatoms. The van der Waals surface area contributed by atoms with Crippen molar-refractivity contribution in [1.82, 2.24) is 10.3 Å². The van der Waals surface area contributed by atoms with Crippen molar-refractivity contribution in [2.75, 3.05) is 18.0 Å². The van der Waals surface area contributed by atoms with E-state index in [1.165, 1.54) is 4.90 Å². The fourth-order valence-corrected chi connectivity index (χ4v) is 3.86. The van der Waals surface area contributed by atoms with Crippen LogP contribution in [0.4, 0.5) is 27.8 Å². The number of anilines is 1. The van der Waals surface area contributed by atoms with Gasteiger partial charge in [-0.05, 0) is 31.7 Å². The number of carboxylic acid groups (broad SMARTS) is 1. The van der Waals surface area contributed by atoms with Crippen LogP contribution in [0.1, 0.15) is 53.6 Å². The molecule has 2 heterocycles. The molecule has 2 aliphatic rings. The van der Waals surface area contributed by atoms with Gasteiger partial charge in [-0.1, -0.05) is 0 Å². The van der Waals surface area contributed by atoms with Gasteiger partial charge in [-0.2, -0.15) is 13.2 Å². The highest BCUT2D eigenvalue weighted by Crippen LogP contribution is 2.37. The lowest BCUT2D eigenvalue weighted by Gasteiger charge is -2.33. The van der Waals surface area contributed by atoms with E-state index in [-0.39, 0.29) is 55.7 Å². The number of aliphatic carboxylic acids is 1. The Balaban J connectivity index is 1.92. The summed E-state index contributed by atoms with van der Waals surface area (Å²) in [7, 11) is 0. The van der Waals surface area contributed by atoms with Crippen molar-refractivity contribution in [3.8, 4) is 0 Å². The fraction of sp³-hybridized carbons (Fsp3) is 0.632. The second-order valence-electron chi connectivity index (χ2n) is 7.87. The average molecular weight is 435 g/mol. The molecule has 6 nitrogen and oxygen atoms in total. The number of carboxylic acids is 1. The minimum Gasteiger partial charge on any atom is -0.481 e. The summed E-state index contributed by atoms with van der Waals surface area (Å²) in [5.41, 5.74) is -1.72. The van der Waals surface area contributed by atoms with Gasteiger partial charge in [0, 0.05) is 38.2 Å². The van der Waals surface area contributed by atoms with Crippen molar-refractivity contribution < 1.29 is 36.6 Å². The minimum absolute atomic E-state index is 0.0650. The standard InChI is InChI=1S/C19H22F5N3O3/c1-10-13(19(22,23)24)9-25-15(27-5-2-3-18(20,21)4-6-27)14(10)16(28)26-12-7-11(8-12)17(29)30/h9,11-12H,2-8H2,1H3,(H,26,28)(H,29,30). The number of amides is 1. The molecule has 0 unspecified atom stereocenters. The Kier molecular flexibility index (Phi) is 5.92. The molecule has 0 spiro atoms. The summed E-state index contributed by atoms with van der Waals surface area (Å²) >= 11 is 0. The number of nitrogens with one attached hydrogen (secondary N) is 1.